The Morgan fingerprint density at radius 3 is 2.18 bits per heavy atom. The Morgan fingerprint density at radius 2 is 1.65 bits per heavy atom. The van der Waals surface area contributed by atoms with Crippen molar-refractivity contribution in [1.29, 1.82) is 0 Å². The summed E-state index contributed by atoms with van der Waals surface area (Å²) in [5.74, 6) is -1.71. The zero-order chi connectivity index (χ0) is 25.9. The number of primary amides is 1. The van der Waals surface area contributed by atoms with Crippen LogP contribution in [0.4, 0.5) is 10.5 Å². The number of carboxylic acids is 1. The summed E-state index contributed by atoms with van der Waals surface area (Å²) in [6.45, 7) is 7.33. The van der Waals surface area contributed by atoms with E-state index in [1.807, 2.05) is 26.0 Å². The quantitative estimate of drug-likeness (QED) is 0.223. The largest absolute Gasteiger partial charge is 0.481 e. The maximum Gasteiger partial charge on any atom is 0.312 e. The van der Waals surface area contributed by atoms with Crippen LogP contribution in [0.3, 0.4) is 0 Å². The highest BCUT2D eigenvalue weighted by atomic mass is 16.4. The average Bonchev–Trinajstić information content (AvgIpc) is 2.75. The third-order valence-corrected chi connectivity index (χ3v) is 5.69. The van der Waals surface area contributed by atoms with Gasteiger partial charge >= 0.3 is 12.0 Å². The van der Waals surface area contributed by atoms with Crippen LogP contribution >= 0.6 is 0 Å². The van der Waals surface area contributed by atoms with Gasteiger partial charge in [-0.3, -0.25) is 14.4 Å². The molecule has 0 unspecified atom stereocenters. The zero-order valence-electron chi connectivity index (χ0n) is 20.5. The van der Waals surface area contributed by atoms with E-state index in [1.165, 1.54) is 0 Å². The van der Waals surface area contributed by atoms with E-state index in [9.17, 15) is 24.3 Å². The van der Waals surface area contributed by atoms with E-state index in [2.05, 4.69) is 16.0 Å². The van der Waals surface area contributed by atoms with Crippen molar-refractivity contribution < 1.29 is 24.3 Å². The van der Waals surface area contributed by atoms with E-state index in [4.69, 9.17) is 11.5 Å². The van der Waals surface area contributed by atoms with Gasteiger partial charge in [0.2, 0.25) is 11.8 Å². The van der Waals surface area contributed by atoms with Gasteiger partial charge < -0.3 is 32.5 Å². The molecule has 10 nitrogen and oxygen atoms in total. The molecule has 0 aromatic heterocycles. The first kappa shape index (κ1) is 28.9. The van der Waals surface area contributed by atoms with Crippen LogP contribution in [-0.4, -0.2) is 47.5 Å². The molecule has 1 aromatic carbocycles. The third-order valence-electron chi connectivity index (χ3n) is 5.69. The van der Waals surface area contributed by atoms with Gasteiger partial charge in [-0.25, -0.2) is 4.79 Å². The molecular formula is C24H39N5O5. The molecule has 1 rings (SSSR count). The van der Waals surface area contributed by atoms with E-state index in [-0.39, 0.29) is 18.4 Å². The lowest BCUT2D eigenvalue weighted by Gasteiger charge is -2.22. The molecule has 8 N–H and O–H groups in total. The fraction of sp³-hybridized carbons (Fsp3) is 0.583. The van der Waals surface area contributed by atoms with Crippen molar-refractivity contribution in [3.8, 4) is 0 Å². The number of urea groups is 1. The lowest BCUT2D eigenvalue weighted by atomic mass is 9.87. The number of carbonyl (C=O) groups excluding carboxylic acids is 3. The Hall–Kier alpha value is -3.14. The maximum atomic E-state index is 12.9. The fourth-order valence-electron chi connectivity index (χ4n) is 3.18. The van der Waals surface area contributed by atoms with Gasteiger partial charge in [0.1, 0.15) is 6.04 Å². The highest BCUT2D eigenvalue weighted by Crippen LogP contribution is 2.24. The minimum atomic E-state index is -0.829. The molecule has 10 heteroatoms. The van der Waals surface area contributed by atoms with Gasteiger partial charge in [0.15, 0.2) is 0 Å². The maximum absolute atomic E-state index is 12.9. The number of benzene rings is 1. The number of hydrogen-bond acceptors (Lipinski definition) is 5. The molecule has 0 fully saturated rings. The SMILES string of the molecule is CC(C)[C@H](N)C(=O)N[C@@H](CCCNC(N)=O)C(=O)Nc1ccc(CCCC(C)(C)C(=O)O)cc1. The monoisotopic (exact) mass is 477 g/mol. The van der Waals surface area contributed by atoms with Crippen LogP contribution in [0.5, 0.6) is 0 Å². The number of aliphatic carboxylic acids is 1. The molecule has 1 aromatic rings. The van der Waals surface area contributed by atoms with E-state index in [0.29, 0.717) is 24.9 Å². The van der Waals surface area contributed by atoms with Crippen molar-refractivity contribution >= 4 is 29.5 Å². The predicted octanol–water partition coefficient (Wildman–Crippen LogP) is 1.98. The van der Waals surface area contributed by atoms with Gasteiger partial charge in [-0.05, 0) is 69.6 Å². The second-order valence-corrected chi connectivity index (χ2v) is 9.49. The predicted molar refractivity (Wildman–Crippen MR) is 131 cm³/mol. The molecule has 4 amide bonds. The Bertz CT molecular complexity index is 839. The Morgan fingerprint density at radius 1 is 1.03 bits per heavy atom. The first-order chi connectivity index (χ1) is 15.8. The van der Waals surface area contributed by atoms with Crippen LogP contribution in [0.15, 0.2) is 24.3 Å². The van der Waals surface area contributed by atoms with Crippen molar-refractivity contribution in [3.05, 3.63) is 29.8 Å². The van der Waals surface area contributed by atoms with Crippen LogP contribution in [0.1, 0.15) is 58.9 Å². The fourth-order valence-corrected chi connectivity index (χ4v) is 3.18. The first-order valence-electron chi connectivity index (χ1n) is 11.6. The Labute approximate surface area is 201 Å². The van der Waals surface area contributed by atoms with Crippen LogP contribution in [-0.2, 0) is 20.8 Å². The number of anilines is 1. The lowest BCUT2D eigenvalue weighted by molar-refractivity contribution is -0.147. The number of carboxylic acid groups (broad SMARTS) is 1. The molecule has 34 heavy (non-hydrogen) atoms. The molecular weight excluding hydrogens is 438 g/mol. The first-order valence-corrected chi connectivity index (χ1v) is 11.6. The van der Waals surface area contributed by atoms with Gasteiger partial charge in [0.05, 0.1) is 11.5 Å². The van der Waals surface area contributed by atoms with Crippen molar-refractivity contribution in [2.45, 2.75) is 71.9 Å². The second kappa shape index (κ2) is 13.5. The minimum absolute atomic E-state index is 0.0890. The van der Waals surface area contributed by atoms with Gasteiger partial charge in [0.25, 0.3) is 0 Å². The van der Waals surface area contributed by atoms with Gasteiger partial charge in [-0.1, -0.05) is 26.0 Å². The summed E-state index contributed by atoms with van der Waals surface area (Å²) in [7, 11) is 0. The van der Waals surface area contributed by atoms with Crippen molar-refractivity contribution in [2.24, 2.45) is 22.8 Å². The number of rotatable bonds is 14. The summed E-state index contributed by atoms with van der Waals surface area (Å²) >= 11 is 0. The van der Waals surface area contributed by atoms with E-state index in [0.717, 1.165) is 18.4 Å². The summed E-state index contributed by atoms with van der Waals surface area (Å²) in [6, 6.07) is 5.06. The smallest absolute Gasteiger partial charge is 0.312 e. The molecule has 0 saturated carbocycles. The topological polar surface area (TPSA) is 177 Å². The van der Waals surface area contributed by atoms with Crippen molar-refractivity contribution in [3.63, 3.8) is 0 Å². The molecule has 0 saturated heterocycles. The van der Waals surface area contributed by atoms with Crippen LogP contribution < -0.4 is 27.4 Å². The number of carbonyl (C=O) groups is 4. The van der Waals surface area contributed by atoms with E-state index < -0.39 is 35.4 Å². The summed E-state index contributed by atoms with van der Waals surface area (Å²) in [6.07, 6.45) is 2.74. The number of nitrogens with two attached hydrogens (primary N) is 2. The average molecular weight is 478 g/mol. The van der Waals surface area contributed by atoms with Gasteiger partial charge in [-0.2, -0.15) is 0 Å². The second-order valence-electron chi connectivity index (χ2n) is 9.49. The highest BCUT2D eigenvalue weighted by molar-refractivity contribution is 5.97. The molecule has 0 bridgehead atoms. The number of amides is 4. The van der Waals surface area contributed by atoms with Gasteiger partial charge in [0, 0.05) is 12.2 Å². The van der Waals surface area contributed by atoms with Crippen LogP contribution in [0, 0.1) is 11.3 Å². The van der Waals surface area contributed by atoms with Crippen LogP contribution in [0.25, 0.3) is 0 Å². The van der Waals surface area contributed by atoms with Crippen LogP contribution in [0.2, 0.25) is 0 Å². The molecule has 0 heterocycles. The molecule has 0 aliphatic carbocycles. The van der Waals surface area contributed by atoms with Crippen molar-refractivity contribution in [2.75, 3.05) is 11.9 Å². The summed E-state index contributed by atoms with van der Waals surface area (Å²) in [5.41, 5.74) is 11.8. The zero-order valence-corrected chi connectivity index (χ0v) is 20.5. The lowest BCUT2D eigenvalue weighted by Crippen LogP contribution is -2.51. The molecule has 0 aliphatic rings. The third kappa shape index (κ3) is 10.2. The van der Waals surface area contributed by atoms with Gasteiger partial charge in [-0.15, -0.1) is 0 Å². The summed E-state index contributed by atoms with van der Waals surface area (Å²) in [5, 5.41) is 17.2. The number of nitrogens with one attached hydrogen (secondary N) is 3. The number of hydrogen-bond donors (Lipinski definition) is 6. The van der Waals surface area contributed by atoms with E-state index >= 15 is 0 Å². The Balaban J connectivity index is 2.73. The summed E-state index contributed by atoms with van der Waals surface area (Å²) in [4.78, 5) is 47.3. The molecule has 0 radical (unpaired) electrons. The normalized spacial score (nSPS) is 13.1. The van der Waals surface area contributed by atoms with Crippen molar-refractivity contribution in [1.82, 2.24) is 10.6 Å². The standard InChI is InChI=1S/C24H39N5O5/c1-15(2)19(25)21(31)29-18(8-6-14-27-23(26)34)20(30)28-17-11-9-16(10-12-17)7-5-13-24(3,4)22(32)33/h9-12,15,18-19H,5-8,13-14,25H2,1-4H3,(H,28,30)(H,29,31)(H,32,33)(H3,26,27,34)/t18-,19-/m0/s1. The molecule has 190 valence electrons. The molecule has 0 aliphatic heterocycles. The summed E-state index contributed by atoms with van der Waals surface area (Å²) < 4.78 is 0. The number of aryl methyl sites for hydroxylation is 1. The van der Waals surface area contributed by atoms with E-state index in [1.54, 1.807) is 26.0 Å². The highest BCUT2D eigenvalue weighted by Gasteiger charge is 2.26. The Kier molecular flexibility index (Phi) is 11.5. The molecule has 0 spiro atoms. The minimum Gasteiger partial charge on any atom is -0.481 e. The molecule has 2 atom stereocenters.